The minimum absolute atomic E-state index is 0.0289. The molecule has 768 valence electrons. The number of hydrogen-bond donors (Lipinski definition) is 6. The van der Waals surface area contributed by atoms with Crippen molar-refractivity contribution in [3.05, 3.63) is 237 Å². The molecule has 0 bridgehead atoms. The molecule has 9 aliphatic heterocycles. The molecule has 30 heteroatoms. The number of nitrogens with zero attached hydrogens (tertiary/aromatic N) is 10. The van der Waals surface area contributed by atoms with Gasteiger partial charge in [0.2, 0.25) is 0 Å². The van der Waals surface area contributed by atoms with Crippen molar-refractivity contribution in [2.24, 2.45) is 0 Å². The number of carbonyl (C=O) groups is 5. The van der Waals surface area contributed by atoms with Crippen LogP contribution < -0.4 is 38.5 Å². The molecule has 1 saturated heterocycles. The fraction of sp³-hybridized carbons (Fsp3) is 0.531. The first-order chi connectivity index (χ1) is 69.3. The Hall–Kier alpha value is -11.1. The molecule has 0 radical (unpaired) electrons. The van der Waals surface area contributed by atoms with Crippen LogP contribution in [-0.4, -0.2) is 342 Å². The molecule has 0 aromatic heterocycles. The zero-order valence-corrected chi connectivity index (χ0v) is 84.1. The second kappa shape index (κ2) is 48.7. The number of phenolic OH excluding ortho intramolecular Hbond substituents is 1. The Labute approximate surface area is 841 Å². The highest BCUT2D eigenvalue weighted by molar-refractivity contribution is 5.99. The fourth-order valence-corrected chi connectivity index (χ4v) is 22.0. The number of ether oxygens (including phenoxy) is 9. The first-order valence-electron chi connectivity index (χ1n) is 52.0. The van der Waals surface area contributed by atoms with Crippen LogP contribution in [0.4, 0.5) is 4.79 Å². The van der Waals surface area contributed by atoms with E-state index in [4.69, 9.17) is 42.6 Å². The molecule has 20 rings (SSSR count). The van der Waals surface area contributed by atoms with Gasteiger partial charge in [0.25, 0.3) is 23.6 Å². The van der Waals surface area contributed by atoms with E-state index in [9.17, 15) is 49.5 Å². The van der Waals surface area contributed by atoms with Gasteiger partial charge in [0, 0.05) is 154 Å². The Morgan fingerprint density at radius 3 is 0.972 bits per heavy atom. The van der Waals surface area contributed by atoms with Crippen molar-refractivity contribution in [2.45, 2.75) is 222 Å². The SMILES string of the molecule is CN(C(=O)OC(C)(C)C)C1CCC(Oc2ccc3c(c2)OCCN(C[C@H](O)CN2CCc4ccccc4C2)C3=O)CC1.CN(C1CCC(Oc2ccc3c(c2)OCCN(C[C@H](O)CN2CCc4ccccc4C2)C3=O)CC1)C1COC1.CNC1CCC(Oc2ccc3c(c2)OCCN(C[C@H](O)CN2CCc4ccccc4C2)C3=O)CC1.O=C1c2ccc(O)cc2OCCN1C[C@H](O)CN1CCc2ccccc2C1. The van der Waals surface area contributed by atoms with Gasteiger partial charge >= 0.3 is 6.09 Å². The van der Waals surface area contributed by atoms with Crippen molar-refractivity contribution < 1.29 is 92.1 Å². The van der Waals surface area contributed by atoms with E-state index in [2.05, 4.69) is 128 Å². The van der Waals surface area contributed by atoms with Gasteiger partial charge in [0.15, 0.2) is 0 Å². The van der Waals surface area contributed by atoms with Gasteiger partial charge in [-0.2, -0.15) is 0 Å². The van der Waals surface area contributed by atoms with Gasteiger partial charge in [-0.15, -0.1) is 0 Å². The molecule has 8 aromatic rings. The van der Waals surface area contributed by atoms with Crippen molar-refractivity contribution in [1.29, 1.82) is 0 Å². The molecule has 143 heavy (non-hydrogen) atoms. The molecular weight excluding hydrogens is 1820 g/mol. The highest BCUT2D eigenvalue weighted by Gasteiger charge is 2.39. The molecule has 9 heterocycles. The molecule has 8 aromatic carbocycles. The second-order valence-corrected chi connectivity index (χ2v) is 41.6. The van der Waals surface area contributed by atoms with Crippen LogP contribution in [0, 0.1) is 0 Å². The van der Waals surface area contributed by atoms with Crippen LogP contribution >= 0.6 is 0 Å². The molecule has 30 nitrogen and oxygen atoms in total. The van der Waals surface area contributed by atoms with Crippen LogP contribution in [-0.2, 0) is 61.3 Å². The number of likely N-dealkylation sites (N-methyl/N-ethyl adjacent to an activating group) is 1. The topological polar surface area (TPSA) is 314 Å². The van der Waals surface area contributed by atoms with Gasteiger partial charge in [-0.05, 0) is 231 Å². The van der Waals surface area contributed by atoms with Crippen LogP contribution in [0.25, 0.3) is 0 Å². The van der Waals surface area contributed by atoms with E-state index in [1.54, 1.807) is 55.8 Å². The molecule has 3 aliphatic carbocycles. The van der Waals surface area contributed by atoms with E-state index in [0.717, 1.165) is 180 Å². The molecule has 4 fully saturated rings. The standard InChI is InChI=1S/C33H45N3O6.C31H41N3O5.C28H37N3O4.C21H24N2O4/c1-33(2,3)42-32(39)34(4)25-9-11-27(12-10-25)41-28-13-14-29-30(19-28)40-18-17-36(31(29)38)22-26(37)21-35-16-15-23-7-5-6-8-24(23)20-35;1-32(25-20-37-21-25)24-6-8-27(9-7-24)39-28-10-11-29-30(16-28)38-15-14-34(31(29)36)19-26(35)18-33-13-12-22-4-2-3-5-23(22)17-33;1-29-22-6-8-24(9-7-22)35-25-10-11-26-27(16-25)34-15-14-31(28(26)33)19-23(32)18-30-13-12-20-4-2-3-5-21(20)17-30;24-17-5-6-19-20(11-17)27-10-9-23(21(19)26)14-18(25)13-22-8-7-15-3-1-2-4-16(15)12-22/h5-8,13-14,19,25-27,37H,9-12,15-18,20-22H2,1-4H3;2-5,10-11,16,24-27,35H,6-9,12-15,17-21H2,1H3;2-5,10-11,16,22-24,29,32H,6-9,12-15,17-19H2,1H3;1-6,11,18,24-25H,7-10,12-14H2/t25?,26-,27?;24?,26-,27?;22?,23-,24?;18-/m1111/s1. The number of amides is 5. The Bertz CT molecular complexity index is 5600. The Morgan fingerprint density at radius 2 is 0.671 bits per heavy atom. The minimum atomic E-state index is -0.646. The summed E-state index contributed by atoms with van der Waals surface area (Å²) < 4.78 is 53.2. The summed E-state index contributed by atoms with van der Waals surface area (Å²) in [6, 6.07) is 56.7. The summed E-state index contributed by atoms with van der Waals surface area (Å²) in [5.41, 5.74) is 12.3. The van der Waals surface area contributed by atoms with Gasteiger partial charge < -0.3 is 98.0 Å². The van der Waals surface area contributed by atoms with E-state index in [-0.39, 0.29) is 72.9 Å². The predicted octanol–water partition coefficient (Wildman–Crippen LogP) is 12.0. The lowest BCUT2D eigenvalue weighted by Crippen LogP contribution is -2.52. The molecule has 5 amide bonds. The lowest BCUT2D eigenvalue weighted by atomic mass is 9.91. The van der Waals surface area contributed by atoms with Crippen molar-refractivity contribution in [3.8, 4) is 46.0 Å². The quantitative estimate of drug-likeness (QED) is 0.0293. The Balaban J connectivity index is 0.000000132. The predicted molar refractivity (Wildman–Crippen MR) is 544 cm³/mol. The summed E-state index contributed by atoms with van der Waals surface area (Å²) in [5, 5.41) is 56.1. The zero-order valence-electron chi connectivity index (χ0n) is 84.1. The van der Waals surface area contributed by atoms with E-state index in [1.165, 1.54) is 56.6 Å². The lowest BCUT2D eigenvalue weighted by molar-refractivity contribution is -0.0765. The average Bonchev–Trinajstić information content (AvgIpc) is 1.74. The highest BCUT2D eigenvalue weighted by Crippen LogP contribution is 2.39. The lowest BCUT2D eigenvalue weighted by Gasteiger charge is -2.42. The van der Waals surface area contributed by atoms with Crippen LogP contribution in [0.1, 0.15) is 184 Å². The number of hydrogen-bond acceptors (Lipinski definition) is 25. The molecule has 4 atom stereocenters. The third-order valence-electron chi connectivity index (χ3n) is 30.1. The number of benzene rings is 8. The normalized spacial score (nSPS) is 22.4. The molecular formula is C113H147N11O19. The van der Waals surface area contributed by atoms with Crippen LogP contribution in [0.15, 0.2) is 170 Å². The van der Waals surface area contributed by atoms with Crippen LogP contribution in [0.3, 0.4) is 0 Å². The summed E-state index contributed by atoms with van der Waals surface area (Å²) >= 11 is 0. The molecule has 12 aliphatic rings. The maximum atomic E-state index is 13.4. The highest BCUT2D eigenvalue weighted by atomic mass is 16.6. The van der Waals surface area contributed by atoms with E-state index in [0.29, 0.717) is 161 Å². The maximum absolute atomic E-state index is 13.4. The molecule has 6 N–H and O–H groups in total. The number of β-amino-alcohol motifs (C(OH)–C–C–N with tert-alkyl or cyclic N) is 4. The number of nitrogens with one attached hydrogen (secondary N) is 1. The fourth-order valence-electron chi connectivity index (χ4n) is 22.0. The first-order valence-corrected chi connectivity index (χ1v) is 52.0. The van der Waals surface area contributed by atoms with Crippen LogP contribution in [0.5, 0.6) is 46.0 Å². The first kappa shape index (κ1) is 103. The second-order valence-electron chi connectivity index (χ2n) is 41.6. The van der Waals surface area contributed by atoms with Gasteiger partial charge in [-0.25, -0.2) is 4.79 Å². The number of aliphatic hydroxyl groups is 4. The van der Waals surface area contributed by atoms with Gasteiger partial charge in [0.05, 0.1) is 110 Å². The van der Waals surface area contributed by atoms with Gasteiger partial charge in [0.1, 0.15) is 78.0 Å². The number of aliphatic hydroxyl groups excluding tert-OH is 4. The number of phenols is 1. The van der Waals surface area contributed by atoms with Crippen molar-refractivity contribution in [2.75, 3.05) is 166 Å². The van der Waals surface area contributed by atoms with Crippen molar-refractivity contribution >= 4 is 29.7 Å². The summed E-state index contributed by atoms with van der Waals surface area (Å²) in [6.07, 6.45) is 13.4. The monoisotopic (exact) mass is 1960 g/mol. The minimum Gasteiger partial charge on any atom is -0.508 e. The van der Waals surface area contributed by atoms with Gasteiger partial charge in [-0.3, -0.25) is 43.7 Å². The van der Waals surface area contributed by atoms with Gasteiger partial charge in [-0.1, -0.05) is 97.1 Å². The zero-order chi connectivity index (χ0) is 99.6. The summed E-state index contributed by atoms with van der Waals surface area (Å²) in [5.74, 6) is 3.79. The average molecular weight is 1960 g/mol. The third kappa shape index (κ3) is 27.7. The number of rotatable bonds is 26. The van der Waals surface area contributed by atoms with Crippen LogP contribution in [0.2, 0.25) is 0 Å². The summed E-state index contributed by atoms with van der Waals surface area (Å²) in [4.78, 5) is 85.3. The molecule has 0 unspecified atom stereocenters. The summed E-state index contributed by atoms with van der Waals surface area (Å²) in [7, 11) is 6.03. The Kier molecular flexibility index (Phi) is 35.2. The molecule has 3 saturated carbocycles. The maximum Gasteiger partial charge on any atom is 0.410 e. The molecule has 0 spiro atoms. The number of carbonyl (C=O) groups excluding carboxylic acids is 5. The van der Waals surface area contributed by atoms with Crippen molar-refractivity contribution in [1.82, 2.24) is 54.3 Å². The Morgan fingerprint density at radius 1 is 0.378 bits per heavy atom. The van der Waals surface area contributed by atoms with E-state index >= 15 is 0 Å². The van der Waals surface area contributed by atoms with Crippen molar-refractivity contribution in [3.63, 3.8) is 0 Å². The third-order valence-corrected chi connectivity index (χ3v) is 30.1. The van der Waals surface area contributed by atoms with E-state index in [1.807, 2.05) is 70.3 Å². The number of aromatic hydroxyl groups is 1. The summed E-state index contributed by atoms with van der Waals surface area (Å²) in [6.45, 7) is 20.8. The smallest absolute Gasteiger partial charge is 0.410 e. The largest absolute Gasteiger partial charge is 0.508 e. The number of fused-ring (bicyclic) bond motifs is 8. The van der Waals surface area contributed by atoms with E-state index < -0.39 is 30.0 Å².